The number of hydrogen-bond donors (Lipinski definition) is 2. The molecule has 0 amide bonds. The lowest BCUT2D eigenvalue weighted by atomic mass is 9.49. The van der Waals surface area contributed by atoms with Crippen LogP contribution in [-0.2, 0) is 19.0 Å². The first kappa shape index (κ1) is 12.6. The van der Waals surface area contributed by atoms with E-state index in [1.54, 1.807) is 6.92 Å². The van der Waals surface area contributed by atoms with Crippen LogP contribution in [0.4, 0.5) is 0 Å². The molecule has 6 heteroatoms. The molecule has 6 rings (SSSR count). The van der Waals surface area contributed by atoms with Crippen molar-refractivity contribution in [3.8, 4) is 0 Å². The van der Waals surface area contributed by atoms with Gasteiger partial charge in [0.1, 0.15) is 29.5 Å². The van der Waals surface area contributed by atoms with Gasteiger partial charge in [-0.25, -0.2) is 0 Å². The fraction of sp³-hybridized carbons (Fsp3) is 0.800. The average molecular weight is 294 g/mol. The zero-order chi connectivity index (χ0) is 14.9. The molecule has 6 fully saturated rings. The van der Waals surface area contributed by atoms with Crippen molar-refractivity contribution in [2.24, 2.45) is 17.3 Å². The number of rotatable bonds is 1. The molecule has 0 unspecified atom stereocenters. The maximum Gasteiger partial charge on any atom is 0.313 e. The molecule has 6 nitrogen and oxygen atoms in total. The van der Waals surface area contributed by atoms with Crippen molar-refractivity contribution in [1.29, 1.82) is 0 Å². The molecule has 0 aromatic carbocycles. The minimum Gasteiger partial charge on any atom is -0.458 e. The summed E-state index contributed by atoms with van der Waals surface area (Å²) < 4.78 is 16.8. The quantitative estimate of drug-likeness (QED) is 0.380. The molecule has 9 atom stereocenters. The zero-order valence-electron chi connectivity index (χ0n) is 11.9. The Morgan fingerprint density at radius 1 is 1.38 bits per heavy atom. The second-order valence-corrected chi connectivity index (χ2v) is 7.38. The van der Waals surface area contributed by atoms with Crippen LogP contribution < -0.4 is 0 Å². The van der Waals surface area contributed by atoms with Gasteiger partial charge >= 0.3 is 5.97 Å². The molecule has 2 N–H and O–H groups in total. The van der Waals surface area contributed by atoms with Crippen LogP contribution in [0.15, 0.2) is 12.2 Å². The van der Waals surface area contributed by atoms with Gasteiger partial charge in [0, 0.05) is 5.92 Å². The number of ether oxygens (including phenoxy) is 3. The smallest absolute Gasteiger partial charge is 0.313 e. The largest absolute Gasteiger partial charge is 0.458 e. The summed E-state index contributed by atoms with van der Waals surface area (Å²) in [5, 5.41) is 22.2. The molecule has 2 saturated carbocycles. The highest BCUT2D eigenvalue weighted by Crippen LogP contribution is 2.76. The summed E-state index contributed by atoms with van der Waals surface area (Å²) in [5.74, 6) is -1.82. The van der Waals surface area contributed by atoms with Crippen molar-refractivity contribution in [2.45, 2.75) is 49.5 Å². The standard InChI is InChI=1S/C15H18O6/c1-5(2)6-7-12(17)21-9(8(6)16)13(3)14(4-19-14)10-11(20-10)15(7,13)18/h6-11,16,18H,1,4H2,2-3H3/t6-,7+,8+,9+,10+,11-,13-,14+,15-/m0/s1. The van der Waals surface area contributed by atoms with Gasteiger partial charge in [-0.3, -0.25) is 4.79 Å². The number of esters is 1. The van der Waals surface area contributed by atoms with Gasteiger partial charge in [0.25, 0.3) is 0 Å². The van der Waals surface area contributed by atoms with E-state index in [9.17, 15) is 15.0 Å². The summed E-state index contributed by atoms with van der Waals surface area (Å²) in [6, 6.07) is 0. The first-order valence-corrected chi connectivity index (χ1v) is 7.36. The van der Waals surface area contributed by atoms with Crippen molar-refractivity contribution >= 4 is 5.97 Å². The fourth-order valence-electron chi connectivity index (χ4n) is 5.53. The summed E-state index contributed by atoms with van der Waals surface area (Å²) in [6.45, 7) is 7.99. The van der Waals surface area contributed by atoms with Gasteiger partial charge in [0.15, 0.2) is 0 Å². The van der Waals surface area contributed by atoms with Crippen LogP contribution in [0.5, 0.6) is 0 Å². The van der Waals surface area contributed by atoms with Gasteiger partial charge in [0.2, 0.25) is 0 Å². The maximum atomic E-state index is 12.4. The number of epoxide rings is 2. The van der Waals surface area contributed by atoms with E-state index in [1.165, 1.54) is 0 Å². The average Bonchev–Trinajstić information content (AvgIpc) is 3.25. The predicted molar refractivity (Wildman–Crippen MR) is 68.1 cm³/mol. The molecule has 21 heavy (non-hydrogen) atoms. The monoisotopic (exact) mass is 294 g/mol. The normalized spacial score (nSPS) is 65.8. The Kier molecular flexibility index (Phi) is 1.83. The third-order valence-corrected chi connectivity index (χ3v) is 6.70. The maximum absolute atomic E-state index is 12.4. The molecular formula is C15H18O6. The number of aliphatic hydroxyl groups is 2. The Labute approximate surface area is 121 Å². The van der Waals surface area contributed by atoms with E-state index < -0.39 is 52.7 Å². The molecule has 1 spiro atoms. The highest BCUT2D eigenvalue weighted by Gasteiger charge is 2.95. The second kappa shape index (κ2) is 3.06. The van der Waals surface area contributed by atoms with E-state index in [2.05, 4.69) is 6.58 Å². The number of carbonyl (C=O) groups is 1. The Morgan fingerprint density at radius 3 is 2.62 bits per heavy atom. The van der Waals surface area contributed by atoms with Gasteiger partial charge < -0.3 is 24.4 Å². The van der Waals surface area contributed by atoms with E-state index in [1.807, 2.05) is 6.92 Å². The molecule has 4 saturated heterocycles. The third kappa shape index (κ3) is 0.958. The van der Waals surface area contributed by atoms with Crippen LogP contribution in [0.25, 0.3) is 0 Å². The highest BCUT2D eigenvalue weighted by molar-refractivity contribution is 5.79. The van der Waals surface area contributed by atoms with Crippen LogP contribution in [0.2, 0.25) is 0 Å². The summed E-state index contributed by atoms with van der Waals surface area (Å²) in [7, 11) is 0. The van der Waals surface area contributed by atoms with E-state index in [4.69, 9.17) is 14.2 Å². The van der Waals surface area contributed by atoms with Gasteiger partial charge in [-0.2, -0.15) is 0 Å². The Hall–Kier alpha value is -0.950. The highest BCUT2D eigenvalue weighted by atomic mass is 16.7. The predicted octanol–water partition coefficient (Wildman–Crippen LogP) is -0.618. The van der Waals surface area contributed by atoms with Crippen molar-refractivity contribution in [2.75, 3.05) is 6.61 Å². The Balaban J connectivity index is 1.75. The van der Waals surface area contributed by atoms with Crippen LogP contribution in [0.1, 0.15) is 13.8 Å². The molecule has 0 radical (unpaired) electrons. The van der Waals surface area contributed by atoms with E-state index in [0.717, 1.165) is 0 Å². The van der Waals surface area contributed by atoms with E-state index >= 15 is 0 Å². The summed E-state index contributed by atoms with van der Waals surface area (Å²) >= 11 is 0. The number of hydrogen-bond acceptors (Lipinski definition) is 6. The number of carbonyl (C=O) groups excluding carboxylic acids is 1. The molecule has 4 aliphatic heterocycles. The van der Waals surface area contributed by atoms with Crippen LogP contribution in [-0.4, -0.2) is 58.4 Å². The molecule has 2 aliphatic carbocycles. The molecule has 114 valence electrons. The minimum absolute atomic E-state index is 0.205. The summed E-state index contributed by atoms with van der Waals surface area (Å²) in [4.78, 5) is 12.4. The lowest BCUT2D eigenvalue weighted by Crippen LogP contribution is -2.78. The zero-order valence-corrected chi connectivity index (χ0v) is 11.9. The minimum atomic E-state index is -1.36. The van der Waals surface area contributed by atoms with Crippen LogP contribution in [0.3, 0.4) is 0 Å². The number of fused-ring (bicyclic) bond motifs is 4. The topological polar surface area (TPSA) is 91.8 Å². The molecular weight excluding hydrogens is 276 g/mol. The first-order valence-electron chi connectivity index (χ1n) is 7.36. The fourth-order valence-corrected chi connectivity index (χ4v) is 5.53. The third-order valence-electron chi connectivity index (χ3n) is 6.70. The lowest BCUT2D eigenvalue weighted by molar-refractivity contribution is -0.304. The molecule has 4 heterocycles. The van der Waals surface area contributed by atoms with Gasteiger partial charge in [-0.15, -0.1) is 0 Å². The molecule has 0 aromatic rings. The van der Waals surface area contributed by atoms with Crippen molar-refractivity contribution < 1.29 is 29.2 Å². The molecule has 2 bridgehead atoms. The SMILES string of the molecule is C=C(C)[C@@H]1[C@@H](O)[C@H]2OC(=O)[C@@H]1[C@]1(O)[C@H]3O[C@H]3[C@]3(CO3)[C@]21C. The summed E-state index contributed by atoms with van der Waals surface area (Å²) in [6.07, 6.45) is -2.28. The van der Waals surface area contributed by atoms with Crippen molar-refractivity contribution in [3.05, 3.63) is 12.2 Å². The van der Waals surface area contributed by atoms with Gasteiger partial charge in [-0.05, 0) is 6.92 Å². The van der Waals surface area contributed by atoms with Crippen molar-refractivity contribution in [3.63, 3.8) is 0 Å². The van der Waals surface area contributed by atoms with E-state index in [0.29, 0.717) is 12.2 Å². The van der Waals surface area contributed by atoms with Crippen LogP contribution >= 0.6 is 0 Å². The number of aliphatic hydroxyl groups excluding tert-OH is 1. The van der Waals surface area contributed by atoms with Gasteiger partial charge in [-0.1, -0.05) is 19.1 Å². The first-order chi connectivity index (χ1) is 9.80. The van der Waals surface area contributed by atoms with Crippen molar-refractivity contribution in [1.82, 2.24) is 0 Å². The Morgan fingerprint density at radius 2 is 2.05 bits per heavy atom. The lowest BCUT2D eigenvalue weighted by Gasteiger charge is -2.62. The van der Waals surface area contributed by atoms with Gasteiger partial charge in [0.05, 0.1) is 24.0 Å². The van der Waals surface area contributed by atoms with E-state index in [-0.39, 0.29) is 6.10 Å². The van der Waals surface area contributed by atoms with Crippen LogP contribution in [0, 0.1) is 17.3 Å². The molecule has 0 aromatic heterocycles. The Bertz CT molecular complexity index is 597. The summed E-state index contributed by atoms with van der Waals surface area (Å²) in [5.41, 5.74) is -2.15. The molecule has 6 aliphatic rings. The second-order valence-electron chi connectivity index (χ2n) is 7.38.